The molecule has 1 aliphatic heterocycles. The van der Waals surface area contributed by atoms with Gasteiger partial charge in [-0.2, -0.15) is 5.10 Å². The standard InChI is InChI=1S/C28H31N5O/c1-19-8-7-9-22(16-19)18-32-12-14-33(15-13-32)28(34)24-17-26(27-20(2)30-31(4)21(27)3)29-25-11-6-5-10-23(24)25/h5-11,16-17H,12-15,18H2,1-4H3. The van der Waals surface area contributed by atoms with Crippen LogP contribution in [0, 0.1) is 20.8 Å². The predicted molar refractivity (Wildman–Crippen MR) is 136 cm³/mol. The maximum atomic E-state index is 13.7. The number of aryl methyl sites for hydroxylation is 3. The molecule has 0 spiro atoms. The van der Waals surface area contributed by atoms with E-state index >= 15 is 0 Å². The molecular formula is C28H31N5O. The first-order valence-electron chi connectivity index (χ1n) is 11.9. The fourth-order valence-corrected chi connectivity index (χ4v) is 4.97. The molecule has 1 fully saturated rings. The molecule has 174 valence electrons. The van der Waals surface area contributed by atoms with E-state index in [0.717, 1.165) is 71.8 Å². The summed E-state index contributed by atoms with van der Waals surface area (Å²) < 4.78 is 1.87. The van der Waals surface area contributed by atoms with Crippen LogP contribution in [0.3, 0.4) is 0 Å². The van der Waals surface area contributed by atoms with Crippen molar-refractivity contribution in [2.45, 2.75) is 27.3 Å². The number of fused-ring (bicyclic) bond motifs is 1. The van der Waals surface area contributed by atoms with Gasteiger partial charge in [0.2, 0.25) is 0 Å². The van der Waals surface area contributed by atoms with Gasteiger partial charge in [0.1, 0.15) is 0 Å². The lowest BCUT2D eigenvalue weighted by Gasteiger charge is -2.35. The Balaban J connectivity index is 1.41. The van der Waals surface area contributed by atoms with Crippen LogP contribution in [0.4, 0.5) is 0 Å². The first kappa shape index (κ1) is 22.3. The van der Waals surface area contributed by atoms with Crippen molar-refractivity contribution in [3.63, 3.8) is 0 Å². The molecule has 0 unspecified atom stereocenters. The van der Waals surface area contributed by atoms with E-state index in [-0.39, 0.29) is 5.91 Å². The highest BCUT2D eigenvalue weighted by Crippen LogP contribution is 2.30. The lowest BCUT2D eigenvalue weighted by Crippen LogP contribution is -2.48. The van der Waals surface area contributed by atoms with E-state index in [1.54, 1.807) is 0 Å². The number of benzene rings is 2. The molecule has 2 aromatic heterocycles. The summed E-state index contributed by atoms with van der Waals surface area (Å²) in [5.74, 6) is 0.0780. The molecule has 0 atom stereocenters. The van der Waals surface area contributed by atoms with Gasteiger partial charge in [-0.15, -0.1) is 0 Å². The van der Waals surface area contributed by atoms with Crippen molar-refractivity contribution in [2.75, 3.05) is 26.2 Å². The van der Waals surface area contributed by atoms with Gasteiger partial charge in [0.15, 0.2) is 0 Å². The molecular weight excluding hydrogens is 422 g/mol. The average molecular weight is 454 g/mol. The van der Waals surface area contributed by atoms with E-state index in [4.69, 9.17) is 4.98 Å². The molecule has 3 heterocycles. The van der Waals surface area contributed by atoms with E-state index in [0.29, 0.717) is 0 Å². The van der Waals surface area contributed by atoms with Crippen LogP contribution in [0.25, 0.3) is 22.2 Å². The number of nitrogens with zero attached hydrogens (tertiary/aromatic N) is 5. The smallest absolute Gasteiger partial charge is 0.254 e. The minimum atomic E-state index is 0.0780. The van der Waals surface area contributed by atoms with Crippen molar-refractivity contribution in [1.29, 1.82) is 0 Å². The minimum absolute atomic E-state index is 0.0780. The number of piperazine rings is 1. The van der Waals surface area contributed by atoms with E-state index in [2.05, 4.69) is 41.2 Å². The molecule has 0 N–H and O–H groups in total. The van der Waals surface area contributed by atoms with Crippen LogP contribution in [0.5, 0.6) is 0 Å². The van der Waals surface area contributed by atoms with Crippen molar-refractivity contribution < 1.29 is 4.79 Å². The van der Waals surface area contributed by atoms with E-state index in [9.17, 15) is 4.79 Å². The molecule has 4 aromatic rings. The molecule has 5 rings (SSSR count). The Labute approximate surface area is 200 Å². The Hall–Kier alpha value is -3.51. The molecule has 0 aliphatic carbocycles. The molecule has 0 bridgehead atoms. The topological polar surface area (TPSA) is 54.3 Å². The van der Waals surface area contributed by atoms with Crippen molar-refractivity contribution in [3.05, 3.63) is 82.7 Å². The maximum Gasteiger partial charge on any atom is 0.254 e. The lowest BCUT2D eigenvalue weighted by atomic mass is 10.0. The molecule has 0 saturated carbocycles. The molecule has 1 saturated heterocycles. The first-order valence-corrected chi connectivity index (χ1v) is 11.9. The number of amides is 1. The van der Waals surface area contributed by atoms with Crippen LogP contribution < -0.4 is 0 Å². The fraction of sp³-hybridized carbons (Fsp3) is 0.321. The molecule has 2 aromatic carbocycles. The largest absolute Gasteiger partial charge is 0.336 e. The van der Waals surface area contributed by atoms with Crippen LogP contribution in [0.1, 0.15) is 32.9 Å². The van der Waals surface area contributed by atoms with Crippen molar-refractivity contribution in [2.24, 2.45) is 7.05 Å². The molecule has 6 nitrogen and oxygen atoms in total. The predicted octanol–water partition coefficient (Wildman–Crippen LogP) is 4.52. The lowest BCUT2D eigenvalue weighted by molar-refractivity contribution is 0.0630. The number of carbonyl (C=O) groups excluding carboxylic acids is 1. The summed E-state index contributed by atoms with van der Waals surface area (Å²) in [6.45, 7) is 10.3. The highest BCUT2D eigenvalue weighted by atomic mass is 16.2. The second kappa shape index (κ2) is 9.03. The molecule has 1 aliphatic rings. The average Bonchev–Trinajstić information content (AvgIpc) is 3.09. The second-order valence-corrected chi connectivity index (χ2v) is 9.30. The number of pyridine rings is 1. The Kier molecular flexibility index (Phi) is 5.92. The fourth-order valence-electron chi connectivity index (χ4n) is 4.97. The third kappa shape index (κ3) is 4.21. The molecule has 1 amide bonds. The van der Waals surface area contributed by atoms with Crippen LogP contribution >= 0.6 is 0 Å². The monoisotopic (exact) mass is 453 g/mol. The number of hydrogen-bond donors (Lipinski definition) is 0. The van der Waals surface area contributed by atoms with Crippen molar-refractivity contribution in [1.82, 2.24) is 24.6 Å². The zero-order chi connectivity index (χ0) is 23.8. The molecule has 6 heteroatoms. The summed E-state index contributed by atoms with van der Waals surface area (Å²) in [5.41, 5.74) is 7.94. The molecule has 0 radical (unpaired) electrons. The number of carbonyl (C=O) groups is 1. The van der Waals surface area contributed by atoms with Crippen molar-refractivity contribution in [3.8, 4) is 11.3 Å². The summed E-state index contributed by atoms with van der Waals surface area (Å²) in [5, 5.41) is 5.46. The third-order valence-corrected chi connectivity index (χ3v) is 6.86. The highest BCUT2D eigenvalue weighted by Gasteiger charge is 2.25. The van der Waals surface area contributed by atoms with E-state index < -0.39 is 0 Å². The van der Waals surface area contributed by atoms with Crippen LogP contribution in [-0.2, 0) is 13.6 Å². The van der Waals surface area contributed by atoms with E-state index in [1.165, 1.54) is 11.1 Å². The van der Waals surface area contributed by atoms with E-state index in [1.807, 2.05) is 60.8 Å². The van der Waals surface area contributed by atoms with Gasteiger partial charge in [-0.3, -0.25) is 14.4 Å². The summed E-state index contributed by atoms with van der Waals surface area (Å²) in [4.78, 5) is 23.1. The second-order valence-electron chi connectivity index (χ2n) is 9.30. The SMILES string of the molecule is Cc1cccc(CN2CCN(C(=O)c3cc(-c4c(C)nn(C)c4C)nc4ccccc34)CC2)c1. The van der Waals surface area contributed by atoms with Gasteiger partial charge in [-0.25, -0.2) is 4.98 Å². The summed E-state index contributed by atoms with van der Waals surface area (Å²) in [6.07, 6.45) is 0. The zero-order valence-electron chi connectivity index (χ0n) is 20.4. The third-order valence-electron chi connectivity index (χ3n) is 6.86. The van der Waals surface area contributed by atoms with Crippen LogP contribution in [-0.4, -0.2) is 56.7 Å². The summed E-state index contributed by atoms with van der Waals surface area (Å²) >= 11 is 0. The number of para-hydroxylation sites is 1. The van der Waals surface area contributed by atoms with Crippen molar-refractivity contribution >= 4 is 16.8 Å². The Bertz CT molecular complexity index is 1360. The maximum absolute atomic E-state index is 13.7. The van der Waals surface area contributed by atoms with Gasteiger partial charge >= 0.3 is 0 Å². The number of hydrogen-bond acceptors (Lipinski definition) is 4. The number of aromatic nitrogens is 3. The van der Waals surface area contributed by atoms with Crippen LogP contribution in [0.2, 0.25) is 0 Å². The van der Waals surface area contributed by atoms with Gasteiger partial charge in [-0.05, 0) is 38.5 Å². The normalized spacial score (nSPS) is 14.6. The highest BCUT2D eigenvalue weighted by molar-refractivity contribution is 6.07. The van der Waals surface area contributed by atoms with Gasteiger partial charge in [0.25, 0.3) is 5.91 Å². The first-order chi connectivity index (χ1) is 16.4. The van der Waals surface area contributed by atoms with Gasteiger partial charge < -0.3 is 4.90 Å². The van der Waals surface area contributed by atoms with Gasteiger partial charge in [0.05, 0.1) is 22.5 Å². The van der Waals surface area contributed by atoms with Gasteiger partial charge in [-0.1, -0.05) is 48.0 Å². The van der Waals surface area contributed by atoms with Gasteiger partial charge in [0, 0.05) is 56.4 Å². The Morgan fingerprint density at radius 1 is 0.941 bits per heavy atom. The zero-order valence-corrected chi connectivity index (χ0v) is 20.4. The number of rotatable bonds is 4. The molecule has 34 heavy (non-hydrogen) atoms. The quantitative estimate of drug-likeness (QED) is 0.456. The summed E-state index contributed by atoms with van der Waals surface area (Å²) in [6, 6.07) is 18.5. The van der Waals surface area contributed by atoms with Crippen LogP contribution in [0.15, 0.2) is 54.6 Å². The summed E-state index contributed by atoms with van der Waals surface area (Å²) in [7, 11) is 1.94. The minimum Gasteiger partial charge on any atom is -0.336 e. The Morgan fingerprint density at radius 3 is 2.41 bits per heavy atom. The Morgan fingerprint density at radius 2 is 1.71 bits per heavy atom.